The van der Waals surface area contributed by atoms with Crippen molar-refractivity contribution in [1.82, 2.24) is 5.32 Å². The van der Waals surface area contributed by atoms with Crippen LogP contribution in [0.4, 0.5) is 0 Å². The maximum Gasteiger partial charge on any atom is 0.223 e. The zero-order valence-corrected chi connectivity index (χ0v) is 10.3. The molecule has 88 valence electrons. The van der Waals surface area contributed by atoms with Gasteiger partial charge in [-0.3, -0.25) is 4.79 Å². The van der Waals surface area contributed by atoms with Crippen LogP contribution in [0.5, 0.6) is 0 Å². The van der Waals surface area contributed by atoms with Gasteiger partial charge in [-0.25, -0.2) is 0 Å². The van der Waals surface area contributed by atoms with Gasteiger partial charge in [0, 0.05) is 12.0 Å². The van der Waals surface area contributed by atoms with Gasteiger partial charge in [0.1, 0.15) is 0 Å². The predicted octanol–water partition coefficient (Wildman–Crippen LogP) is 1.37. The number of nitrogens with two attached hydrogens (primary N) is 1. The number of carbonyl (C=O) groups is 1. The molecule has 0 aromatic heterocycles. The molecule has 0 spiro atoms. The predicted molar refractivity (Wildman–Crippen MR) is 65.9 cm³/mol. The highest BCUT2D eigenvalue weighted by atomic mass is 32.2. The van der Waals surface area contributed by atoms with Gasteiger partial charge in [-0.2, -0.15) is 11.8 Å². The summed E-state index contributed by atoms with van der Waals surface area (Å²) >= 11 is 1.98. The maximum absolute atomic E-state index is 11.8. The van der Waals surface area contributed by atoms with Crippen LogP contribution < -0.4 is 11.1 Å². The molecule has 4 heteroatoms. The Bertz CT molecular complexity index is 193. The second-order valence-corrected chi connectivity index (χ2v) is 5.45. The molecular formula is C11H22N2OS. The molecule has 0 saturated carbocycles. The number of carbonyl (C=O) groups excluding carboxylic acids is 1. The first-order chi connectivity index (χ1) is 7.24. The van der Waals surface area contributed by atoms with Gasteiger partial charge in [0.15, 0.2) is 0 Å². The highest BCUT2D eigenvalue weighted by Crippen LogP contribution is 2.17. The average Bonchev–Trinajstić information content (AvgIpc) is 2.27. The molecule has 3 nitrogen and oxygen atoms in total. The van der Waals surface area contributed by atoms with Crippen molar-refractivity contribution in [3.63, 3.8) is 0 Å². The summed E-state index contributed by atoms with van der Waals surface area (Å²) in [5.74, 6) is 2.69. The summed E-state index contributed by atoms with van der Waals surface area (Å²) < 4.78 is 0. The van der Waals surface area contributed by atoms with Crippen molar-refractivity contribution in [1.29, 1.82) is 0 Å². The Morgan fingerprint density at radius 2 is 2.20 bits per heavy atom. The van der Waals surface area contributed by atoms with E-state index in [0.717, 1.165) is 25.7 Å². The van der Waals surface area contributed by atoms with Crippen LogP contribution in [-0.4, -0.2) is 30.0 Å². The molecule has 3 N–H and O–H groups in total. The van der Waals surface area contributed by atoms with Gasteiger partial charge in [0.05, 0.1) is 0 Å². The van der Waals surface area contributed by atoms with Crippen LogP contribution in [0.15, 0.2) is 0 Å². The van der Waals surface area contributed by atoms with E-state index in [1.54, 1.807) is 0 Å². The van der Waals surface area contributed by atoms with Gasteiger partial charge < -0.3 is 11.1 Å². The third kappa shape index (κ3) is 4.89. The third-order valence-electron chi connectivity index (χ3n) is 2.86. The van der Waals surface area contributed by atoms with Crippen LogP contribution in [0.1, 0.15) is 32.6 Å². The lowest BCUT2D eigenvalue weighted by Gasteiger charge is -2.24. The van der Waals surface area contributed by atoms with Crippen molar-refractivity contribution in [2.45, 2.75) is 38.6 Å². The van der Waals surface area contributed by atoms with Crippen molar-refractivity contribution >= 4 is 17.7 Å². The van der Waals surface area contributed by atoms with Crippen molar-refractivity contribution in [2.24, 2.45) is 11.7 Å². The van der Waals surface area contributed by atoms with Gasteiger partial charge >= 0.3 is 0 Å². The number of hydrogen-bond donors (Lipinski definition) is 2. The Balaban J connectivity index is 2.20. The fourth-order valence-electron chi connectivity index (χ4n) is 1.74. The largest absolute Gasteiger partial charge is 0.353 e. The molecule has 0 aliphatic carbocycles. The SMILES string of the molecule is CC(CCCN)C(=O)NC1CCSCC1. The van der Waals surface area contributed by atoms with Gasteiger partial charge in [0.2, 0.25) is 5.91 Å². The molecule has 1 saturated heterocycles. The topological polar surface area (TPSA) is 55.1 Å². The Hall–Kier alpha value is -0.220. The molecule has 0 aromatic carbocycles. The van der Waals surface area contributed by atoms with Crippen molar-refractivity contribution in [3.8, 4) is 0 Å². The quantitative estimate of drug-likeness (QED) is 0.750. The van der Waals surface area contributed by atoms with Crippen molar-refractivity contribution in [2.75, 3.05) is 18.1 Å². The average molecular weight is 230 g/mol. The lowest BCUT2D eigenvalue weighted by molar-refractivity contribution is -0.125. The summed E-state index contributed by atoms with van der Waals surface area (Å²) in [6, 6.07) is 0.416. The normalized spacial score (nSPS) is 19.9. The molecule has 1 aliphatic rings. The standard InChI is InChI=1S/C11H22N2OS/c1-9(3-2-6-12)11(14)13-10-4-7-15-8-5-10/h9-10H,2-8,12H2,1H3,(H,13,14). The van der Waals surface area contributed by atoms with E-state index in [2.05, 4.69) is 5.32 Å². The van der Waals surface area contributed by atoms with Crippen molar-refractivity contribution < 1.29 is 4.79 Å². The van der Waals surface area contributed by atoms with E-state index in [9.17, 15) is 4.79 Å². The molecule has 1 heterocycles. The van der Waals surface area contributed by atoms with Crippen LogP contribution in [-0.2, 0) is 4.79 Å². The molecular weight excluding hydrogens is 208 g/mol. The number of thioether (sulfide) groups is 1. The summed E-state index contributed by atoms with van der Waals surface area (Å²) in [6.07, 6.45) is 4.10. The summed E-state index contributed by atoms with van der Waals surface area (Å²) in [5, 5.41) is 3.13. The first kappa shape index (κ1) is 12.8. The molecule has 0 bridgehead atoms. The number of hydrogen-bond acceptors (Lipinski definition) is 3. The van der Waals surface area contributed by atoms with Gasteiger partial charge in [0.25, 0.3) is 0 Å². The smallest absolute Gasteiger partial charge is 0.223 e. The fourth-order valence-corrected chi connectivity index (χ4v) is 2.85. The second kappa shape index (κ2) is 7.12. The lowest BCUT2D eigenvalue weighted by atomic mass is 10.0. The maximum atomic E-state index is 11.8. The lowest BCUT2D eigenvalue weighted by Crippen LogP contribution is -2.40. The summed E-state index contributed by atoms with van der Waals surface area (Å²) in [6.45, 7) is 2.67. The van der Waals surface area contributed by atoms with E-state index in [0.29, 0.717) is 12.6 Å². The Morgan fingerprint density at radius 3 is 2.80 bits per heavy atom. The first-order valence-corrected chi connectivity index (χ1v) is 6.97. The van der Waals surface area contributed by atoms with Gasteiger partial charge in [-0.15, -0.1) is 0 Å². The molecule has 1 amide bonds. The fraction of sp³-hybridized carbons (Fsp3) is 0.909. The van der Waals surface area contributed by atoms with Crippen LogP contribution in [0.25, 0.3) is 0 Å². The minimum absolute atomic E-state index is 0.114. The first-order valence-electron chi connectivity index (χ1n) is 5.82. The molecule has 15 heavy (non-hydrogen) atoms. The summed E-state index contributed by atoms with van der Waals surface area (Å²) in [5.41, 5.74) is 5.43. The number of nitrogens with one attached hydrogen (secondary N) is 1. The highest BCUT2D eigenvalue weighted by molar-refractivity contribution is 7.99. The number of rotatable bonds is 5. The molecule has 1 rings (SSSR count). The Kier molecular flexibility index (Phi) is 6.10. The molecule has 0 radical (unpaired) electrons. The zero-order valence-electron chi connectivity index (χ0n) is 9.50. The third-order valence-corrected chi connectivity index (χ3v) is 3.91. The van der Waals surface area contributed by atoms with Crippen LogP contribution in [0, 0.1) is 5.92 Å². The molecule has 1 atom stereocenters. The highest BCUT2D eigenvalue weighted by Gasteiger charge is 2.19. The Morgan fingerprint density at radius 1 is 1.53 bits per heavy atom. The molecule has 1 aliphatic heterocycles. The number of amides is 1. The van der Waals surface area contributed by atoms with Gasteiger partial charge in [-0.1, -0.05) is 6.92 Å². The molecule has 1 unspecified atom stereocenters. The summed E-state index contributed by atoms with van der Waals surface area (Å²) in [7, 11) is 0. The van der Waals surface area contributed by atoms with E-state index in [4.69, 9.17) is 5.73 Å². The van der Waals surface area contributed by atoms with E-state index in [1.165, 1.54) is 11.5 Å². The van der Waals surface area contributed by atoms with Crippen molar-refractivity contribution in [3.05, 3.63) is 0 Å². The molecule has 0 aromatic rings. The monoisotopic (exact) mass is 230 g/mol. The van der Waals surface area contributed by atoms with Crippen LogP contribution in [0.2, 0.25) is 0 Å². The van der Waals surface area contributed by atoms with E-state index < -0.39 is 0 Å². The van der Waals surface area contributed by atoms with Crippen LogP contribution in [0.3, 0.4) is 0 Å². The zero-order chi connectivity index (χ0) is 11.1. The van der Waals surface area contributed by atoms with Gasteiger partial charge in [-0.05, 0) is 43.7 Å². The minimum atomic E-state index is 0.114. The van der Waals surface area contributed by atoms with Crippen LogP contribution >= 0.6 is 11.8 Å². The second-order valence-electron chi connectivity index (χ2n) is 4.23. The van der Waals surface area contributed by atoms with E-state index in [-0.39, 0.29) is 11.8 Å². The van der Waals surface area contributed by atoms with E-state index >= 15 is 0 Å². The Labute approximate surface area is 96.6 Å². The van der Waals surface area contributed by atoms with E-state index in [1.807, 2.05) is 18.7 Å². The summed E-state index contributed by atoms with van der Waals surface area (Å²) in [4.78, 5) is 11.8. The minimum Gasteiger partial charge on any atom is -0.353 e. The molecule has 1 fully saturated rings.